The summed E-state index contributed by atoms with van der Waals surface area (Å²) in [5.41, 5.74) is 1.71. The van der Waals surface area contributed by atoms with Crippen LogP contribution in [0.5, 0.6) is 5.75 Å². The highest BCUT2D eigenvalue weighted by atomic mass is 32.2. The van der Waals surface area contributed by atoms with E-state index in [1.807, 2.05) is 0 Å². The predicted molar refractivity (Wildman–Crippen MR) is 103 cm³/mol. The Morgan fingerprint density at radius 2 is 1.52 bits per heavy atom. The third-order valence-corrected chi connectivity index (χ3v) is 5.46. The largest absolute Gasteiger partial charge is 0.508 e. The Balaban J connectivity index is 2.32. The van der Waals surface area contributed by atoms with Gasteiger partial charge in [-0.05, 0) is 34.9 Å². The Morgan fingerprint density at radius 1 is 0.889 bits per heavy atom. The number of phenolic OH excluding ortho intramolecular Hbond substituents is 1. The molecule has 6 heteroatoms. The minimum atomic E-state index is -3.53. The van der Waals surface area contributed by atoms with Crippen LogP contribution in [0.15, 0.2) is 77.7 Å². The molecule has 0 aliphatic heterocycles. The number of benzene rings is 3. The molecule has 27 heavy (non-hydrogen) atoms. The smallest absolute Gasteiger partial charge is 0.315 e. The summed E-state index contributed by atoms with van der Waals surface area (Å²) >= 11 is 0. The molecule has 0 amide bonds. The van der Waals surface area contributed by atoms with Crippen molar-refractivity contribution in [1.82, 2.24) is 0 Å². The molecule has 0 heterocycles. The summed E-state index contributed by atoms with van der Waals surface area (Å²) in [6.07, 6.45) is 1.11. The molecule has 5 nitrogen and oxygen atoms in total. The monoisotopic (exact) mass is 382 g/mol. The van der Waals surface area contributed by atoms with Crippen LogP contribution in [-0.4, -0.2) is 30.9 Å². The van der Waals surface area contributed by atoms with Gasteiger partial charge in [0.1, 0.15) is 11.7 Å². The first-order valence-corrected chi connectivity index (χ1v) is 10.1. The molecule has 3 aromatic carbocycles. The van der Waals surface area contributed by atoms with Gasteiger partial charge in [0.2, 0.25) is 0 Å². The molecule has 3 rings (SSSR count). The zero-order valence-corrected chi connectivity index (χ0v) is 15.3. The first kappa shape index (κ1) is 18.7. The van der Waals surface area contributed by atoms with Gasteiger partial charge in [-0.15, -0.1) is 0 Å². The molecule has 0 aliphatic carbocycles. The third kappa shape index (κ3) is 3.85. The van der Waals surface area contributed by atoms with Gasteiger partial charge in [-0.1, -0.05) is 54.6 Å². The number of carboxylic acids is 1. The molecule has 0 saturated heterocycles. The molecule has 2 N–H and O–H groups in total. The summed E-state index contributed by atoms with van der Waals surface area (Å²) in [6, 6.07) is 19.4. The van der Waals surface area contributed by atoms with Gasteiger partial charge in [0.25, 0.3) is 0 Å². The van der Waals surface area contributed by atoms with Crippen molar-refractivity contribution in [3.05, 3.63) is 83.9 Å². The molecule has 3 aromatic rings. The van der Waals surface area contributed by atoms with Gasteiger partial charge in [-0.3, -0.25) is 4.79 Å². The minimum absolute atomic E-state index is 0.0900. The minimum Gasteiger partial charge on any atom is -0.508 e. The summed E-state index contributed by atoms with van der Waals surface area (Å²) in [5, 5.41) is 19.9. The molecule has 138 valence electrons. The summed E-state index contributed by atoms with van der Waals surface area (Å²) < 4.78 is 24.4. The van der Waals surface area contributed by atoms with E-state index in [0.717, 1.165) is 6.26 Å². The van der Waals surface area contributed by atoms with Crippen LogP contribution in [0.2, 0.25) is 0 Å². The van der Waals surface area contributed by atoms with E-state index in [4.69, 9.17) is 0 Å². The van der Waals surface area contributed by atoms with Gasteiger partial charge < -0.3 is 10.2 Å². The lowest BCUT2D eigenvalue weighted by molar-refractivity contribution is -0.137. The van der Waals surface area contributed by atoms with Crippen molar-refractivity contribution in [2.45, 2.75) is 10.8 Å². The van der Waals surface area contributed by atoms with Gasteiger partial charge in [-0.2, -0.15) is 0 Å². The Kier molecular flexibility index (Phi) is 5.01. The predicted octanol–water partition coefficient (Wildman–Crippen LogP) is 3.68. The van der Waals surface area contributed by atoms with E-state index in [1.54, 1.807) is 54.6 Å². The average molecular weight is 382 g/mol. The maximum Gasteiger partial charge on any atom is 0.315 e. The van der Waals surface area contributed by atoms with Crippen LogP contribution in [0.25, 0.3) is 11.1 Å². The van der Waals surface area contributed by atoms with Crippen LogP contribution >= 0.6 is 0 Å². The number of phenols is 1. The average Bonchev–Trinajstić information content (AvgIpc) is 2.62. The summed E-state index contributed by atoms with van der Waals surface area (Å²) in [4.78, 5) is 12.2. The van der Waals surface area contributed by atoms with Crippen molar-refractivity contribution >= 4 is 15.8 Å². The Bertz CT molecular complexity index is 1090. The van der Waals surface area contributed by atoms with Crippen molar-refractivity contribution < 1.29 is 23.4 Å². The van der Waals surface area contributed by atoms with Crippen molar-refractivity contribution in [1.29, 1.82) is 0 Å². The Hall–Kier alpha value is -3.12. The Labute approximate surface area is 157 Å². The van der Waals surface area contributed by atoms with Crippen LogP contribution in [0.4, 0.5) is 0 Å². The van der Waals surface area contributed by atoms with Gasteiger partial charge in [0, 0.05) is 11.8 Å². The molecular formula is C21H18O5S. The fourth-order valence-electron chi connectivity index (χ4n) is 3.15. The van der Waals surface area contributed by atoms with Gasteiger partial charge in [-0.25, -0.2) is 8.42 Å². The number of aromatic hydroxyl groups is 1. The second kappa shape index (κ2) is 7.25. The maximum atomic E-state index is 12.2. The number of carbonyl (C=O) groups is 1. The highest BCUT2D eigenvalue weighted by molar-refractivity contribution is 7.90. The number of aliphatic carboxylic acids is 1. The first-order valence-electron chi connectivity index (χ1n) is 8.19. The van der Waals surface area contributed by atoms with Crippen molar-refractivity contribution in [2.75, 3.05) is 6.26 Å². The second-order valence-electron chi connectivity index (χ2n) is 6.22. The van der Waals surface area contributed by atoms with Crippen LogP contribution in [0.3, 0.4) is 0 Å². The number of carboxylic acid groups (broad SMARTS) is 1. The van der Waals surface area contributed by atoms with E-state index < -0.39 is 21.7 Å². The number of sulfone groups is 1. The molecule has 0 radical (unpaired) electrons. The third-order valence-electron chi connectivity index (χ3n) is 4.30. The number of rotatable bonds is 5. The SMILES string of the molecule is CS(=O)(=O)c1ccccc1-c1ccc(O)cc1C(C(=O)O)c1ccccc1. The number of hydrogen-bond donors (Lipinski definition) is 2. The van der Waals surface area contributed by atoms with Gasteiger partial charge >= 0.3 is 5.97 Å². The van der Waals surface area contributed by atoms with Crippen molar-refractivity contribution in [3.63, 3.8) is 0 Å². The van der Waals surface area contributed by atoms with E-state index in [2.05, 4.69) is 0 Å². The maximum absolute atomic E-state index is 12.2. The molecule has 0 spiro atoms. The molecular weight excluding hydrogens is 364 g/mol. The fraction of sp³-hybridized carbons (Fsp3) is 0.0952. The summed E-state index contributed by atoms with van der Waals surface area (Å²) in [5.74, 6) is -2.24. The molecule has 0 fully saturated rings. The topological polar surface area (TPSA) is 91.7 Å². The first-order chi connectivity index (χ1) is 12.8. The quantitative estimate of drug-likeness (QED) is 0.702. The molecule has 1 atom stereocenters. The van der Waals surface area contributed by atoms with E-state index in [-0.39, 0.29) is 10.6 Å². The molecule has 0 bridgehead atoms. The molecule has 1 unspecified atom stereocenters. The van der Waals surface area contributed by atoms with Crippen molar-refractivity contribution in [2.24, 2.45) is 0 Å². The Morgan fingerprint density at radius 3 is 2.15 bits per heavy atom. The fourth-order valence-corrected chi connectivity index (χ4v) is 4.05. The van der Waals surface area contributed by atoms with Gasteiger partial charge in [0.15, 0.2) is 9.84 Å². The lowest BCUT2D eigenvalue weighted by Gasteiger charge is -2.19. The van der Waals surface area contributed by atoms with Crippen molar-refractivity contribution in [3.8, 4) is 16.9 Å². The number of hydrogen-bond acceptors (Lipinski definition) is 4. The summed E-state index contributed by atoms with van der Waals surface area (Å²) in [7, 11) is -3.53. The highest BCUT2D eigenvalue weighted by Crippen LogP contribution is 2.38. The standard InChI is InChI=1S/C21H18O5S/c1-27(25,26)19-10-6-5-9-17(19)16-12-11-15(22)13-18(16)20(21(23)24)14-7-3-2-4-8-14/h2-13,20,22H,1H3,(H,23,24). The van der Waals surface area contributed by atoms with E-state index in [9.17, 15) is 23.4 Å². The normalized spacial score (nSPS) is 12.5. The zero-order chi connectivity index (χ0) is 19.6. The molecule has 0 aliphatic rings. The highest BCUT2D eigenvalue weighted by Gasteiger charge is 2.27. The zero-order valence-electron chi connectivity index (χ0n) is 14.5. The molecule has 0 saturated carbocycles. The van der Waals surface area contributed by atoms with E-state index in [0.29, 0.717) is 22.3 Å². The van der Waals surface area contributed by atoms with E-state index >= 15 is 0 Å². The van der Waals surface area contributed by atoms with Crippen LogP contribution in [0.1, 0.15) is 17.0 Å². The van der Waals surface area contributed by atoms with Crippen LogP contribution in [-0.2, 0) is 14.6 Å². The summed E-state index contributed by atoms with van der Waals surface area (Å²) in [6.45, 7) is 0. The van der Waals surface area contributed by atoms with Gasteiger partial charge in [0.05, 0.1) is 4.90 Å². The lowest BCUT2D eigenvalue weighted by atomic mass is 9.85. The van der Waals surface area contributed by atoms with Crippen LogP contribution in [0, 0.1) is 0 Å². The van der Waals surface area contributed by atoms with Crippen LogP contribution < -0.4 is 0 Å². The molecule has 0 aromatic heterocycles. The second-order valence-corrected chi connectivity index (χ2v) is 8.21. The van der Waals surface area contributed by atoms with E-state index in [1.165, 1.54) is 18.2 Å². The lowest BCUT2D eigenvalue weighted by Crippen LogP contribution is -2.14.